The molecule has 1 heterocycles. The van der Waals surface area contributed by atoms with Crippen LogP contribution in [0.1, 0.15) is 37.8 Å². The van der Waals surface area contributed by atoms with Crippen molar-refractivity contribution >= 4 is 10.0 Å². The van der Waals surface area contributed by atoms with Crippen LogP contribution in [0.25, 0.3) is 0 Å². The summed E-state index contributed by atoms with van der Waals surface area (Å²) in [5.74, 6) is 0.0367. The molecule has 0 saturated carbocycles. The van der Waals surface area contributed by atoms with Gasteiger partial charge in [0.25, 0.3) is 0 Å². The minimum atomic E-state index is -3.50. The number of aliphatic hydroxyl groups is 1. The van der Waals surface area contributed by atoms with E-state index in [-0.39, 0.29) is 18.6 Å². The first kappa shape index (κ1) is 16.4. The largest absolute Gasteiger partial charge is 0.396 e. The number of nitrogens with zero attached hydrogens (tertiary/aromatic N) is 1. The topological polar surface area (TPSA) is 83.6 Å². The molecule has 1 aliphatic heterocycles. The standard InChI is InChI=1S/C15H24N2O3S/c1-2-15(16)13-6-3-7-14(9-13)21(19,20)17-8-4-5-12(10-17)11-18/h3,6-7,9,12,15,18H,2,4-5,8,10-11,16H2,1H3. The van der Waals surface area contributed by atoms with E-state index in [9.17, 15) is 13.5 Å². The van der Waals surface area contributed by atoms with Crippen molar-refractivity contribution in [3.05, 3.63) is 29.8 Å². The molecule has 1 aromatic carbocycles. The number of benzene rings is 1. The lowest BCUT2D eigenvalue weighted by Crippen LogP contribution is -2.40. The van der Waals surface area contributed by atoms with Crippen LogP contribution in [0.15, 0.2) is 29.2 Å². The Hall–Kier alpha value is -0.950. The summed E-state index contributed by atoms with van der Waals surface area (Å²) in [4.78, 5) is 0.294. The zero-order chi connectivity index (χ0) is 15.5. The molecule has 1 aromatic rings. The van der Waals surface area contributed by atoms with Crippen LogP contribution in [0.2, 0.25) is 0 Å². The maximum absolute atomic E-state index is 12.7. The molecule has 6 heteroatoms. The predicted octanol–water partition coefficient (Wildman–Crippen LogP) is 1.49. The molecule has 0 aliphatic carbocycles. The molecule has 118 valence electrons. The first-order valence-corrected chi connectivity index (χ1v) is 8.89. The molecule has 2 atom stereocenters. The van der Waals surface area contributed by atoms with Crippen molar-refractivity contribution in [1.29, 1.82) is 0 Å². The highest BCUT2D eigenvalue weighted by molar-refractivity contribution is 7.89. The van der Waals surface area contributed by atoms with Gasteiger partial charge in [0, 0.05) is 25.7 Å². The quantitative estimate of drug-likeness (QED) is 0.863. The molecule has 3 N–H and O–H groups in total. The summed E-state index contributed by atoms with van der Waals surface area (Å²) in [5, 5.41) is 9.26. The van der Waals surface area contributed by atoms with Gasteiger partial charge in [0.2, 0.25) is 10.0 Å². The number of sulfonamides is 1. The minimum Gasteiger partial charge on any atom is -0.396 e. The third kappa shape index (κ3) is 3.63. The van der Waals surface area contributed by atoms with Gasteiger partial charge >= 0.3 is 0 Å². The lowest BCUT2D eigenvalue weighted by Gasteiger charge is -2.31. The van der Waals surface area contributed by atoms with Gasteiger partial charge < -0.3 is 10.8 Å². The fraction of sp³-hybridized carbons (Fsp3) is 0.600. The van der Waals surface area contributed by atoms with E-state index in [1.54, 1.807) is 18.2 Å². The SMILES string of the molecule is CCC(N)c1cccc(S(=O)(=O)N2CCCC(CO)C2)c1. The molecule has 2 rings (SSSR count). The lowest BCUT2D eigenvalue weighted by molar-refractivity contribution is 0.165. The minimum absolute atomic E-state index is 0.0345. The Labute approximate surface area is 126 Å². The molecule has 0 amide bonds. The van der Waals surface area contributed by atoms with Crippen LogP contribution in [-0.4, -0.2) is 37.5 Å². The average molecular weight is 312 g/mol. The summed E-state index contributed by atoms with van der Waals surface area (Å²) < 4.78 is 26.9. The zero-order valence-electron chi connectivity index (χ0n) is 12.4. The molecule has 0 spiro atoms. The van der Waals surface area contributed by atoms with Crippen LogP contribution < -0.4 is 5.73 Å². The zero-order valence-corrected chi connectivity index (χ0v) is 13.2. The Balaban J connectivity index is 2.27. The summed E-state index contributed by atoms with van der Waals surface area (Å²) in [6.07, 6.45) is 2.43. The Morgan fingerprint density at radius 3 is 2.90 bits per heavy atom. The van der Waals surface area contributed by atoms with Crippen molar-refractivity contribution < 1.29 is 13.5 Å². The summed E-state index contributed by atoms with van der Waals surface area (Å²) in [5.41, 5.74) is 6.83. The fourth-order valence-electron chi connectivity index (χ4n) is 2.68. The maximum Gasteiger partial charge on any atom is 0.243 e. The van der Waals surface area contributed by atoms with E-state index in [0.29, 0.717) is 18.0 Å². The number of piperidine rings is 1. The van der Waals surface area contributed by atoms with Crippen molar-refractivity contribution in [3.63, 3.8) is 0 Å². The first-order chi connectivity index (χ1) is 9.98. The third-order valence-electron chi connectivity index (χ3n) is 4.10. The highest BCUT2D eigenvalue weighted by atomic mass is 32.2. The second-order valence-corrected chi connectivity index (χ2v) is 7.58. The summed E-state index contributed by atoms with van der Waals surface area (Å²) in [6, 6.07) is 6.74. The molecule has 0 aromatic heterocycles. The van der Waals surface area contributed by atoms with E-state index in [2.05, 4.69) is 0 Å². The van der Waals surface area contributed by atoms with Gasteiger partial charge in [-0.15, -0.1) is 0 Å². The van der Waals surface area contributed by atoms with Crippen molar-refractivity contribution in [1.82, 2.24) is 4.31 Å². The average Bonchev–Trinajstić information content (AvgIpc) is 2.54. The predicted molar refractivity (Wildman–Crippen MR) is 82.2 cm³/mol. The number of hydrogen-bond donors (Lipinski definition) is 2. The molecule has 0 radical (unpaired) electrons. The van der Waals surface area contributed by atoms with Gasteiger partial charge in [0.15, 0.2) is 0 Å². The molecule has 21 heavy (non-hydrogen) atoms. The van der Waals surface area contributed by atoms with Crippen LogP contribution in [0.4, 0.5) is 0 Å². The lowest BCUT2D eigenvalue weighted by atomic mass is 10.0. The summed E-state index contributed by atoms with van der Waals surface area (Å²) in [6.45, 7) is 2.92. The van der Waals surface area contributed by atoms with Crippen molar-refractivity contribution in [2.45, 2.75) is 37.1 Å². The molecule has 5 nitrogen and oxygen atoms in total. The molecule has 0 bridgehead atoms. The van der Waals surface area contributed by atoms with Gasteiger partial charge in [0.05, 0.1) is 4.90 Å². The van der Waals surface area contributed by atoms with Crippen molar-refractivity contribution in [3.8, 4) is 0 Å². The first-order valence-electron chi connectivity index (χ1n) is 7.45. The highest BCUT2D eigenvalue weighted by Crippen LogP contribution is 2.25. The Morgan fingerprint density at radius 2 is 2.24 bits per heavy atom. The second-order valence-electron chi connectivity index (χ2n) is 5.64. The van der Waals surface area contributed by atoms with Crippen molar-refractivity contribution in [2.75, 3.05) is 19.7 Å². The Morgan fingerprint density at radius 1 is 1.48 bits per heavy atom. The molecular weight excluding hydrogens is 288 g/mol. The van der Waals surface area contributed by atoms with Crippen molar-refractivity contribution in [2.24, 2.45) is 11.7 Å². The number of rotatable bonds is 5. The van der Waals surface area contributed by atoms with Crippen LogP contribution in [0.3, 0.4) is 0 Å². The van der Waals surface area contributed by atoms with Crippen LogP contribution in [0.5, 0.6) is 0 Å². The number of nitrogens with two attached hydrogens (primary N) is 1. The van der Waals surface area contributed by atoms with E-state index in [1.807, 2.05) is 13.0 Å². The fourth-order valence-corrected chi connectivity index (χ4v) is 4.29. The normalized spacial score (nSPS) is 22.1. The smallest absolute Gasteiger partial charge is 0.243 e. The van der Waals surface area contributed by atoms with Crippen LogP contribution in [0, 0.1) is 5.92 Å². The number of aliphatic hydroxyl groups excluding tert-OH is 1. The molecule has 1 saturated heterocycles. The monoisotopic (exact) mass is 312 g/mol. The number of hydrogen-bond acceptors (Lipinski definition) is 4. The summed E-state index contributed by atoms with van der Waals surface area (Å²) in [7, 11) is -3.50. The van der Waals surface area contributed by atoms with Gasteiger partial charge in [-0.3, -0.25) is 0 Å². The Bertz CT molecular complexity index is 574. The van der Waals surface area contributed by atoms with Gasteiger partial charge in [-0.1, -0.05) is 19.1 Å². The van der Waals surface area contributed by atoms with E-state index < -0.39 is 10.0 Å². The second kappa shape index (κ2) is 6.87. The van der Waals surface area contributed by atoms with Crippen LogP contribution >= 0.6 is 0 Å². The van der Waals surface area contributed by atoms with Gasteiger partial charge in [-0.2, -0.15) is 4.31 Å². The van der Waals surface area contributed by atoms with Gasteiger partial charge in [-0.25, -0.2) is 8.42 Å². The molecular formula is C15H24N2O3S. The molecule has 1 fully saturated rings. The summed E-state index contributed by atoms with van der Waals surface area (Å²) >= 11 is 0. The maximum atomic E-state index is 12.7. The van der Waals surface area contributed by atoms with E-state index in [1.165, 1.54) is 4.31 Å². The van der Waals surface area contributed by atoms with Gasteiger partial charge in [-0.05, 0) is 42.9 Å². The highest BCUT2D eigenvalue weighted by Gasteiger charge is 2.30. The molecule has 1 aliphatic rings. The van der Waals surface area contributed by atoms with E-state index >= 15 is 0 Å². The van der Waals surface area contributed by atoms with E-state index in [4.69, 9.17) is 5.73 Å². The van der Waals surface area contributed by atoms with E-state index in [0.717, 1.165) is 24.8 Å². The molecule has 2 unspecified atom stereocenters. The third-order valence-corrected chi connectivity index (χ3v) is 5.96. The Kier molecular flexibility index (Phi) is 5.37. The van der Waals surface area contributed by atoms with Gasteiger partial charge in [0.1, 0.15) is 0 Å². The van der Waals surface area contributed by atoms with Crippen LogP contribution in [-0.2, 0) is 10.0 Å².